The summed E-state index contributed by atoms with van der Waals surface area (Å²) < 4.78 is 0. The van der Waals surface area contributed by atoms with Crippen LogP contribution in [0.3, 0.4) is 0 Å². The SMILES string of the molecule is O=C(NCCN1CCCCC1=O)C(c1ccccc1)c1ccccc1. The van der Waals surface area contributed by atoms with Crippen molar-refractivity contribution in [2.24, 2.45) is 0 Å². The fourth-order valence-corrected chi connectivity index (χ4v) is 3.30. The van der Waals surface area contributed by atoms with Gasteiger partial charge in [0.25, 0.3) is 0 Å². The van der Waals surface area contributed by atoms with Crippen LogP contribution in [0.1, 0.15) is 36.3 Å². The van der Waals surface area contributed by atoms with E-state index in [1.54, 1.807) is 0 Å². The molecule has 1 N–H and O–H groups in total. The molecule has 0 aliphatic carbocycles. The number of carbonyl (C=O) groups excluding carboxylic acids is 2. The first-order valence-electron chi connectivity index (χ1n) is 8.91. The van der Waals surface area contributed by atoms with Crippen LogP contribution in [0.15, 0.2) is 60.7 Å². The van der Waals surface area contributed by atoms with E-state index < -0.39 is 0 Å². The molecular formula is C21H24N2O2. The van der Waals surface area contributed by atoms with Crippen LogP contribution >= 0.6 is 0 Å². The van der Waals surface area contributed by atoms with E-state index in [1.807, 2.05) is 65.6 Å². The summed E-state index contributed by atoms with van der Waals surface area (Å²) in [5.74, 6) is -0.163. The molecule has 1 saturated heterocycles. The normalized spacial score (nSPS) is 14.6. The molecule has 3 rings (SSSR count). The first kappa shape index (κ1) is 17.2. The van der Waals surface area contributed by atoms with Crippen molar-refractivity contribution in [2.75, 3.05) is 19.6 Å². The highest BCUT2D eigenvalue weighted by Gasteiger charge is 2.23. The zero-order valence-corrected chi connectivity index (χ0v) is 14.4. The molecule has 0 unspecified atom stereocenters. The Bertz CT molecular complexity index is 661. The molecule has 0 radical (unpaired) electrons. The maximum Gasteiger partial charge on any atom is 0.232 e. The van der Waals surface area contributed by atoms with Crippen LogP contribution < -0.4 is 5.32 Å². The van der Waals surface area contributed by atoms with Crippen LogP contribution in [0.25, 0.3) is 0 Å². The molecule has 1 heterocycles. The number of amides is 2. The quantitative estimate of drug-likeness (QED) is 0.882. The predicted octanol–water partition coefficient (Wildman–Crippen LogP) is 2.95. The van der Waals surface area contributed by atoms with Crippen LogP contribution in [0.4, 0.5) is 0 Å². The number of carbonyl (C=O) groups is 2. The standard InChI is InChI=1S/C21H24N2O2/c24-19-13-7-8-15-23(19)16-14-22-21(25)20(17-9-3-1-4-10-17)18-11-5-2-6-12-18/h1-6,9-12,20H,7-8,13-16H2,(H,22,25). The Balaban J connectivity index is 1.66. The van der Waals surface area contributed by atoms with Gasteiger partial charge < -0.3 is 10.2 Å². The number of benzene rings is 2. The summed E-state index contributed by atoms with van der Waals surface area (Å²) in [4.78, 5) is 26.6. The maximum absolute atomic E-state index is 12.9. The van der Waals surface area contributed by atoms with Gasteiger partial charge in [-0.3, -0.25) is 9.59 Å². The molecule has 0 aromatic heterocycles. The van der Waals surface area contributed by atoms with E-state index in [2.05, 4.69) is 5.32 Å². The molecule has 4 heteroatoms. The molecule has 0 saturated carbocycles. The minimum atomic E-state index is -0.334. The molecule has 2 amide bonds. The van der Waals surface area contributed by atoms with Crippen molar-refractivity contribution in [1.29, 1.82) is 0 Å². The van der Waals surface area contributed by atoms with Crippen molar-refractivity contribution in [3.05, 3.63) is 71.8 Å². The van der Waals surface area contributed by atoms with Gasteiger partial charge in [0.15, 0.2) is 0 Å². The Hall–Kier alpha value is -2.62. The lowest BCUT2D eigenvalue weighted by molar-refractivity contribution is -0.133. The molecule has 130 valence electrons. The second kappa shape index (κ2) is 8.47. The average Bonchev–Trinajstić information content (AvgIpc) is 2.65. The Morgan fingerprint density at radius 2 is 1.56 bits per heavy atom. The lowest BCUT2D eigenvalue weighted by atomic mass is 9.90. The monoisotopic (exact) mass is 336 g/mol. The molecule has 25 heavy (non-hydrogen) atoms. The number of piperidine rings is 1. The molecule has 1 fully saturated rings. The summed E-state index contributed by atoms with van der Waals surface area (Å²) in [7, 11) is 0. The predicted molar refractivity (Wildman–Crippen MR) is 98.2 cm³/mol. The maximum atomic E-state index is 12.9. The second-order valence-corrected chi connectivity index (χ2v) is 6.38. The summed E-state index contributed by atoms with van der Waals surface area (Å²) in [6.45, 7) is 1.87. The van der Waals surface area contributed by atoms with Gasteiger partial charge in [0.1, 0.15) is 0 Å². The van der Waals surface area contributed by atoms with E-state index in [1.165, 1.54) is 0 Å². The third-order valence-electron chi connectivity index (χ3n) is 4.63. The molecule has 2 aromatic carbocycles. The van der Waals surface area contributed by atoms with E-state index in [-0.39, 0.29) is 17.7 Å². The van der Waals surface area contributed by atoms with Crippen LogP contribution in [0.2, 0.25) is 0 Å². The minimum absolute atomic E-state index is 0.0261. The van der Waals surface area contributed by atoms with Gasteiger partial charge in [-0.25, -0.2) is 0 Å². The van der Waals surface area contributed by atoms with Crippen molar-refractivity contribution < 1.29 is 9.59 Å². The highest BCUT2D eigenvalue weighted by Crippen LogP contribution is 2.24. The first-order valence-corrected chi connectivity index (χ1v) is 8.91. The summed E-state index contributed by atoms with van der Waals surface area (Å²) in [5, 5.41) is 3.01. The van der Waals surface area contributed by atoms with Crippen molar-refractivity contribution in [3.8, 4) is 0 Å². The van der Waals surface area contributed by atoms with Gasteiger partial charge >= 0.3 is 0 Å². The van der Waals surface area contributed by atoms with Crippen LogP contribution in [0.5, 0.6) is 0 Å². The zero-order valence-electron chi connectivity index (χ0n) is 14.4. The summed E-state index contributed by atoms with van der Waals surface area (Å²) >= 11 is 0. The number of likely N-dealkylation sites (tertiary alicyclic amines) is 1. The molecule has 0 atom stereocenters. The number of nitrogens with zero attached hydrogens (tertiary/aromatic N) is 1. The molecule has 0 bridgehead atoms. The van der Waals surface area contributed by atoms with Crippen molar-refractivity contribution in [1.82, 2.24) is 10.2 Å². The van der Waals surface area contributed by atoms with Gasteiger partial charge in [-0.05, 0) is 24.0 Å². The minimum Gasteiger partial charge on any atom is -0.354 e. The largest absolute Gasteiger partial charge is 0.354 e. The Morgan fingerprint density at radius 3 is 2.12 bits per heavy atom. The zero-order chi connectivity index (χ0) is 17.5. The Kier molecular flexibility index (Phi) is 5.83. The van der Waals surface area contributed by atoms with Crippen LogP contribution in [0, 0.1) is 0 Å². The molecule has 1 aliphatic rings. The Morgan fingerprint density at radius 1 is 0.960 bits per heavy atom. The molecule has 2 aromatic rings. The summed E-state index contributed by atoms with van der Waals surface area (Å²) in [6.07, 6.45) is 2.66. The van der Waals surface area contributed by atoms with Crippen molar-refractivity contribution in [2.45, 2.75) is 25.2 Å². The lowest BCUT2D eigenvalue weighted by Crippen LogP contribution is -2.42. The topological polar surface area (TPSA) is 49.4 Å². The van der Waals surface area contributed by atoms with Crippen LogP contribution in [-0.2, 0) is 9.59 Å². The highest BCUT2D eigenvalue weighted by atomic mass is 16.2. The van der Waals surface area contributed by atoms with Crippen LogP contribution in [-0.4, -0.2) is 36.3 Å². The van der Waals surface area contributed by atoms with Gasteiger partial charge in [0.05, 0.1) is 5.92 Å². The molecular weight excluding hydrogens is 312 g/mol. The van der Waals surface area contributed by atoms with E-state index in [9.17, 15) is 9.59 Å². The number of rotatable bonds is 6. The molecule has 1 aliphatic heterocycles. The van der Waals surface area contributed by atoms with Gasteiger partial charge in [0, 0.05) is 26.1 Å². The van der Waals surface area contributed by atoms with E-state index in [4.69, 9.17) is 0 Å². The molecule has 0 spiro atoms. The van der Waals surface area contributed by atoms with E-state index >= 15 is 0 Å². The smallest absolute Gasteiger partial charge is 0.232 e. The Labute approximate surface area is 148 Å². The first-order chi connectivity index (χ1) is 12.3. The second-order valence-electron chi connectivity index (χ2n) is 6.38. The van der Waals surface area contributed by atoms with E-state index in [0.29, 0.717) is 19.5 Å². The van der Waals surface area contributed by atoms with E-state index in [0.717, 1.165) is 30.5 Å². The van der Waals surface area contributed by atoms with Crippen molar-refractivity contribution >= 4 is 11.8 Å². The summed E-state index contributed by atoms with van der Waals surface area (Å²) in [6, 6.07) is 19.6. The van der Waals surface area contributed by atoms with Gasteiger partial charge in [-0.15, -0.1) is 0 Å². The van der Waals surface area contributed by atoms with Gasteiger partial charge in [-0.1, -0.05) is 60.7 Å². The number of nitrogens with one attached hydrogen (secondary N) is 1. The summed E-state index contributed by atoms with van der Waals surface area (Å²) in [5.41, 5.74) is 1.94. The highest BCUT2D eigenvalue weighted by molar-refractivity contribution is 5.87. The average molecular weight is 336 g/mol. The third-order valence-corrected chi connectivity index (χ3v) is 4.63. The number of hydrogen-bond donors (Lipinski definition) is 1. The van der Waals surface area contributed by atoms with Gasteiger partial charge in [0.2, 0.25) is 11.8 Å². The molecule has 4 nitrogen and oxygen atoms in total. The van der Waals surface area contributed by atoms with Gasteiger partial charge in [-0.2, -0.15) is 0 Å². The van der Waals surface area contributed by atoms with Crippen molar-refractivity contribution in [3.63, 3.8) is 0 Å². The fraction of sp³-hybridized carbons (Fsp3) is 0.333. The third kappa shape index (κ3) is 4.47. The fourth-order valence-electron chi connectivity index (χ4n) is 3.30. The lowest BCUT2D eigenvalue weighted by Gasteiger charge is -2.27. The number of hydrogen-bond acceptors (Lipinski definition) is 2.